The van der Waals surface area contributed by atoms with Crippen molar-refractivity contribution in [2.24, 2.45) is 7.05 Å². The number of carbonyl (C=O) groups is 1. The predicted octanol–water partition coefficient (Wildman–Crippen LogP) is 3.42. The number of hydrogen-bond donors (Lipinski definition) is 1. The first-order valence-electron chi connectivity index (χ1n) is 9.96. The smallest absolute Gasteiger partial charge is 0.416 e. The van der Waals surface area contributed by atoms with Crippen LogP contribution in [-0.2, 0) is 39.2 Å². The Morgan fingerprint density at radius 1 is 1.21 bits per heavy atom. The number of nitrogens with zero attached hydrogens (tertiary/aromatic N) is 4. The molecule has 9 nitrogen and oxygen atoms in total. The van der Waals surface area contributed by atoms with Gasteiger partial charge in [0.1, 0.15) is 11.8 Å². The van der Waals surface area contributed by atoms with Crippen molar-refractivity contribution >= 4 is 21.7 Å². The number of rotatable bonds is 7. The van der Waals surface area contributed by atoms with Crippen molar-refractivity contribution in [1.29, 1.82) is 0 Å². The summed E-state index contributed by atoms with van der Waals surface area (Å²) in [5.41, 5.74) is 0.558. The van der Waals surface area contributed by atoms with E-state index in [0.29, 0.717) is 17.1 Å². The fourth-order valence-corrected chi connectivity index (χ4v) is 3.94. The third kappa shape index (κ3) is 5.90. The van der Waals surface area contributed by atoms with Crippen molar-refractivity contribution in [3.05, 3.63) is 58.9 Å². The number of sulfonamides is 1. The van der Waals surface area contributed by atoms with Crippen LogP contribution in [0.25, 0.3) is 11.4 Å². The highest BCUT2D eigenvalue weighted by Gasteiger charge is 2.35. The maximum absolute atomic E-state index is 13.3. The van der Waals surface area contributed by atoms with E-state index in [0.717, 1.165) is 12.3 Å². The molecule has 13 heteroatoms. The standard InChI is InChI=1S/C21H22F3N5O4S/c1-12-16(27-34(4,31)32)9-10-17(25-12)20-18(29(3)28-26-20)11-19(30)33-13(2)14-7-5-6-8-15(14)21(22,23)24/h5-10,13,27H,11H2,1-4H3/t13-/m1/s1. The van der Waals surface area contributed by atoms with Gasteiger partial charge in [0.25, 0.3) is 0 Å². The Labute approximate surface area is 194 Å². The average Bonchev–Trinajstić information content (AvgIpc) is 3.08. The molecule has 3 aromatic rings. The third-order valence-corrected chi connectivity index (χ3v) is 5.48. The number of halogens is 3. The SMILES string of the molecule is Cc1nc(-c2nnn(C)c2CC(=O)O[C@H](C)c2ccccc2C(F)(F)F)ccc1NS(C)(=O)=O. The zero-order chi connectivity index (χ0) is 25.3. The number of alkyl halides is 3. The molecule has 182 valence electrons. The van der Waals surface area contributed by atoms with Crippen molar-refractivity contribution in [3.63, 3.8) is 0 Å². The highest BCUT2D eigenvalue weighted by atomic mass is 32.2. The molecule has 0 unspecified atom stereocenters. The van der Waals surface area contributed by atoms with Gasteiger partial charge in [-0.15, -0.1) is 5.10 Å². The largest absolute Gasteiger partial charge is 0.457 e. The maximum Gasteiger partial charge on any atom is 0.416 e. The minimum Gasteiger partial charge on any atom is -0.457 e. The highest BCUT2D eigenvalue weighted by molar-refractivity contribution is 7.92. The number of esters is 1. The number of pyridine rings is 1. The second kappa shape index (κ2) is 9.41. The van der Waals surface area contributed by atoms with Crippen LogP contribution in [0.2, 0.25) is 0 Å². The van der Waals surface area contributed by atoms with Crippen LogP contribution in [0.4, 0.5) is 18.9 Å². The number of benzene rings is 1. The Kier molecular flexibility index (Phi) is 6.96. The van der Waals surface area contributed by atoms with E-state index >= 15 is 0 Å². The number of ether oxygens (including phenoxy) is 1. The van der Waals surface area contributed by atoms with E-state index in [1.807, 2.05) is 0 Å². The van der Waals surface area contributed by atoms with Crippen LogP contribution in [0.15, 0.2) is 36.4 Å². The van der Waals surface area contributed by atoms with Gasteiger partial charge in [0.2, 0.25) is 10.0 Å². The molecular weight excluding hydrogens is 475 g/mol. The predicted molar refractivity (Wildman–Crippen MR) is 117 cm³/mol. The Balaban J connectivity index is 1.82. The lowest BCUT2D eigenvalue weighted by atomic mass is 10.0. The first kappa shape index (κ1) is 25.1. The molecule has 0 aliphatic heterocycles. The molecule has 2 heterocycles. The van der Waals surface area contributed by atoms with Gasteiger partial charge in [0.05, 0.1) is 41.0 Å². The molecule has 0 aliphatic rings. The Hall–Kier alpha value is -3.48. The first-order chi connectivity index (χ1) is 15.8. The molecular formula is C21H22F3N5O4S. The fraction of sp³-hybridized carbons (Fsp3) is 0.333. The normalized spacial score (nSPS) is 12.9. The molecule has 0 amide bonds. The summed E-state index contributed by atoms with van der Waals surface area (Å²) < 4.78 is 71.8. The molecule has 0 bridgehead atoms. The van der Waals surface area contributed by atoms with Gasteiger partial charge in [0.15, 0.2) is 0 Å². The quantitative estimate of drug-likeness (QED) is 0.497. The van der Waals surface area contributed by atoms with E-state index in [9.17, 15) is 26.4 Å². The molecule has 0 spiro atoms. The summed E-state index contributed by atoms with van der Waals surface area (Å²) >= 11 is 0. The Bertz CT molecular complexity index is 1320. The Morgan fingerprint density at radius 2 is 1.88 bits per heavy atom. The highest BCUT2D eigenvalue weighted by Crippen LogP contribution is 2.35. The molecule has 1 atom stereocenters. The third-order valence-electron chi connectivity index (χ3n) is 4.89. The van der Waals surface area contributed by atoms with Gasteiger partial charge in [-0.25, -0.2) is 13.4 Å². The van der Waals surface area contributed by atoms with E-state index in [2.05, 4.69) is 20.0 Å². The maximum atomic E-state index is 13.3. The summed E-state index contributed by atoms with van der Waals surface area (Å²) in [7, 11) is -1.95. The minimum atomic E-state index is -4.59. The lowest BCUT2D eigenvalue weighted by Crippen LogP contribution is -2.17. The first-order valence-corrected chi connectivity index (χ1v) is 11.9. The average molecular weight is 497 g/mol. The summed E-state index contributed by atoms with van der Waals surface area (Å²) in [4.78, 5) is 16.9. The molecule has 0 aliphatic carbocycles. The van der Waals surface area contributed by atoms with Crippen LogP contribution in [0.3, 0.4) is 0 Å². The Morgan fingerprint density at radius 3 is 2.50 bits per heavy atom. The van der Waals surface area contributed by atoms with Crippen LogP contribution < -0.4 is 4.72 Å². The summed E-state index contributed by atoms with van der Waals surface area (Å²) in [6, 6.07) is 7.91. The van der Waals surface area contributed by atoms with Crippen LogP contribution in [-0.4, -0.2) is 40.6 Å². The van der Waals surface area contributed by atoms with E-state index < -0.39 is 33.8 Å². The van der Waals surface area contributed by atoms with Gasteiger partial charge in [-0.05, 0) is 32.0 Å². The second-order valence-electron chi connectivity index (χ2n) is 7.61. The van der Waals surface area contributed by atoms with Crippen molar-refractivity contribution in [3.8, 4) is 11.4 Å². The minimum absolute atomic E-state index is 0.155. The summed E-state index contributed by atoms with van der Waals surface area (Å²) in [5, 5.41) is 7.92. The van der Waals surface area contributed by atoms with Crippen molar-refractivity contribution < 1.29 is 31.1 Å². The van der Waals surface area contributed by atoms with Gasteiger partial charge >= 0.3 is 12.1 Å². The number of aryl methyl sites for hydroxylation is 2. The molecule has 0 saturated heterocycles. The van der Waals surface area contributed by atoms with E-state index in [4.69, 9.17) is 4.74 Å². The number of aromatic nitrogens is 4. The van der Waals surface area contributed by atoms with Gasteiger partial charge in [-0.1, -0.05) is 23.4 Å². The number of carbonyl (C=O) groups excluding carboxylic acids is 1. The molecule has 1 N–H and O–H groups in total. The summed E-state index contributed by atoms with van der Waals surface area (Å²) in [6.45, 7) is 2.96. The van der Waals surface area contributed by atoms with E-state index in [1.165, 1.54) is 41.9 Å². The number of hydrogen-bond acceptors (Lipinski definition) is 7. The lowest BCUT2D eigenvalue weighted by molar-refractivity contribution is -0.151. The second-order valence-corrected chi connectivity index (χ2v) is 9.35. The molecule has 0 fully saturated rings. The molecule has 1 aromatic carbocycles. The monoisotopic (exact) mass is 497 g/mol. The van der Waals surface area contributed by atoms with Gasteiger partial charge in [-0.3, -0.25) is 14.2 Å². The van der Waals surface area contributed by atoms with Gasteiger partial charge < -0.3 is 4.74 Å². The van der Waals surface area contributed by atoms with E-state index in [1.54, 1.807) is 14.0 Å². The summed E-state index contributed by atoms with van der Waals surface area (Å²) in [6.07, 6.45) is -5.03. The lowest BCUT2D eigenvalue weighted by Gasteiger charge is -2.19. The molecule has 0 saturated carbocycles. The van der Waals surface area contributed by atoms with Crippen LogP contribution in [0.1, 0.15) is 35.5 Å². The van der Waals surface area contributed by atoms with Crippen LogP contribution in [0.5, 0.6) is 0 Å². The van der Waals surface area contributed by atoms with E-state index in [-0.39, 0.29) is 23.4 Å². The van der Waals surface area contributed by atoms with Crippen molar-refractivity contribution in [1.82, 2.24) is 20.0 Å². The zero-order valence-electron chi connectivity index (χ0n) is 18.7. The van der Waals surface area contributed by atoms with Crippen LogP contribution >= 0.6 is 0 Å². The van der Waals surface area contributed by atoms with Crippen LogP contribution in [0, 0.1) is 6.92 Å². The zero-order valence-corrected chi connectivity index (χ0v) is 19.5. The van der Waals surface area contributed by atoms with Gasteiger partial charge in [0, 0.05) is 12.6 Å². The topological polar surface area (TPSA) is 116 Å². The molecule has 3 rings (SSSR count). The summed E-state index contributed by atoms with van der Waals surface area (Å²) in [5.74, 6) is -0.775. The number of nitrogens with one attached hydrogen (secondary N) is 1. The fourth-order valence-electron chi connectivity index (χ4n) is 3.32. The molecule has 2 aromatic heterocycles. The molecule has 0 radical (unpaired) electrons. The van der Waals surface area contributed by atoms with Crippen molar-refractivity contribution in [2.45, 2.75) is 32.5 Å². The van der Waals surface area contributed by atoms with Crippen molar-refractivity contribution in [2.75, 3.05) is 11.0 Å². The molecule has 34 heavy (non-hydrogen) atoms. The van der Waals surface area contributed by atoms with Gasteiger partial charge in [-0.2, -0.15) is 13.2 Å². The number of anilines is 1.